The van der Waals surface area contributed by atoms with Gasteiger partial charge in [0.2, 0.25) is 0 Å². The molecule has 0 saturated heterocycles. The van der Waals surface area contributed by atoms with Crippen LogP contribution in [0.2, 0.25) is 10.0 Å². The summed E-state index contributed by atoms with van der Waals surface area (Å²) >= 11 is 16.2. The summed E-state index contributed by atoms with van der Waals surface area (Å²) in [5.74, 6) is 1.63. The van der Waals surface area contributed by atoms with E-state index in [4.69, 9.17) is 37.7 Å². The number of amides is 1. The lowest BCUT2D eigenvalue weighted by molar-refractivity contribution is 0.102. The SMILES string of the molecule is COc1cc(C=Nc2sc3c(c2C(=O)Nc2ccc(Cl)cc2)CC[C@H](C(C)(C)C)C3)cc(I)c1OCc1ccccc1Cl. The summed E-state index contributed by atoms with van der Waals surface area (Å²) in [6, 6.07) is 18.6. The lowest BCUT2D eigenvalue weighted by Gasteiger charge is -2.33. The number of carbonyl (C=O) groups excluding carboxylic acids is 1. The van der Waals surface area contributed by atoms with Gasteiger partial charge < -0.3 is 14.8 Å². The molecule has 0 aliphatic heterocycles. The molecule has 9 heteroatoms. The van der Waals surface area contributed by atoms with Crippen LogP contribution in [0.1, 0.15) is 59.1 Å². The third-order valence-corrected chi connectivity index (χ3v) is 10.3. The molecule has 0 radical (unpaired) electrons. The first kappa shape index (κ1) is 31.8. The van der Waals surface area contributed by atoms with Gasteiger partial charge in [0.1, 0.15) is 11.6 Å². The number of hydrogen-bond donors (Lipinski definition) is 1. The Morgan fingerprint density at radius 3 is 2.58 bits per heavy atom. The largest absolute Gasteiger partial charge is 0.493 e. The zero-order valence-corrected chi connectivity index (χ0v) is 29.0. The van der Waals surface area contributed by atoms with Crippen LogP contribution in [-0.4, -0.2) is 19.2 Å². The van der Waals surface area contributed by atoms with Crippen molar-refractivity contribution in [1.82, 2.24) is 0 Å². The molecule has 5 nitrogen and oxygen atoms in total. The van der Waals surface area contributed by atoms with E-state index in [0.29, 0.717) is 50.3 Å². The minimum Gasteiger partial charge on any atom is -0.493 e. The number of rotatable bonds is 8. The summed E-state index contributed by atoms with van der Waals surface area (Å²) < 4.78 is 12.7. The van der Waals surface area contributed by atoms with E-state index in [1.165, 1.54) is 4.88 Å². The van der Waals surface area contributed by atoms with Gasteiger partial charge in [-0.15, -0.1) is 11.3 Å². The molecule has 0 fully saturated rings. The van der Waals surface area contributed by atoms with Crippen molar-refractivity contribution in [2.24, 2.45) is 16.3 Å². The Morgan fingerprint density at radius 2 is 1.88 bits per heavy atom. The summed E-state index contributed by atoms with van der Waals surface area (Å²) in [4.78, 5) is 19.8. The molecule has 0 bridgehead atoms. The maximum Gasteiger partial charge on any atom is 0.259 e. The van der Waals surface area contributed by atoms with Crippen molar-refractivity contribution < 1.29 is 14.3 Å². The third kappa shape index (κ3) is 7.56. The van der Waals surface area contributed by atoms with Crippen molar-refractivity contribution in [1.29, 1.82) is 0 Å². The van der Waals surface area contributed by atoms with Crippen LogP contribution in [0, 0.1) is 14.9 Å². The van der Waals surface area contributed by atoms with E-state index in [0.717, 1.165) is 39.5 Å². The highest BCUT2D eigenvalue weighted by atomic mass is 127. The van der Waals surface area contributed by atoms with Crippen LogP contribution >= 0.6 is 57.1 Å². The average Bonchev–Trinajstić information content (AvgIpc) is 3.34. The Bertz CT molecular complexity index is 1660. The molecular weight excluding hydrogens is 714 g/mol. The maximum atomic E-state index is 13.7. The minimum absolute atomic E-state index is 0.156. The summed E-state index contributed by atoms with van der Waals surface area (Å²) in [7, 11) is 1.62. The Hall–Kier alpha value is -2.59. The number of ether oxygens (including phenoxy) is 2. The van der Waals surface area contributed by atoms with Crippen LogP contribution in [0.25, 0.3) is 0 Å². The number of carbonyl (C=O) groups is 1. The highest BCUT2D eigenvalue weighted by Crippen LogP contribution is 2.45. The van der Waals surface area contributed by atoms with Crippen molar-refractivity contribution in [3.63, 3.8) is 0 Å². The summed E-state index contributed by atoms with van der Waals surface area (Å²) in [5.41, 5.74) is 4.39. The summed E-state index contributed by atoms with van der Waals surface area (Å²) in [6.07, 6.45) is 4.64. The van der Waals surface area contributed by atoms with E-state index in [-0.39, 0.29) is 11.3 Å². The van der Waals surface area contributed by atoms with Gasteiger partial charge in [-0.1, -0.05) is 62.2 Å². The van der Waals surface area contributed by atoms with Crippen molar-refractivity contribution in [2.45, 2.75) is 46.6 Å². The van der Waals surface area contributed by atoms with Crippen LogP contribution in [0.4, 0.5) is 10.7 Å². The Morgan fingerprint density at radius 1 is 1.14 bits per heavy atom. The van der Waals surface area contributed by atoms with Crippen molar-refractivity contribution in [3.8, 4) is 11.5 Å². The zero-order valence-electron chi connectivity index (χ0n) is 24.5. The topological polar surface area (TPSA) is 59.9 Å². The van der Waals surface area contributed by atoms with Gasteiger partial charge in [-0.05, 0) is 107 Å². The standard InChI is InChI=1S/C34H33Cl2IN2O3S/c1-34(2,3)22-9-14-25-29(17-22)43-33(30(25)32(40)39-24-12-10-23(35)11-13-24)38-18-20-15-27(37)31(28(16-20)41-4)42-19-21-7-5-6-8-26(21)36/h5-8,10-13,15-16,18,22H,9,14,17,19H2,1-4H3,(H,39,40)/t22-/m0/s1. The number of nitrogens with zero attached hydrogens (tertiary/aromatic N) is 1. The number of thiophene rings is 1. The van der Waals surface area contributed by atoms with E-state index >= 15 is 0 Å². The number of halogens is 3. The number of fused-ring (bicyclic) bond motifs is 1. The average molecular weight is 748 g/mol. The van der Waals surface area contributed by atoms with Gasteiger partial charge in [-0.3, -0.25) is 4.79 Å². The molecule has 5 rings (SSSR count). The first-order chi connectivity index (χ1) is 20.5. The van der Waals surface area contributed by atoms with Crippen LogP contribution in [0.3, 0.4) is 0 Å². The van der Waals surface area contributed by atoms with Gasteiger partial charge in [-0.2, -0.15) is 0 Å². The number of methoxy groups -OCH3 is 1. The van der Waals surface area contributed by atoms with Crippen LogP contribution in [-0.2, 0) is 19.4 Å². The molecule has 0 saturated carbocycles. The number of hydrogen-bond acceptors (Lipinski definition) is 5. The number of aliphatic imine (C=N–C) groups is 1. The van der Waals surface area contributed by atoms with Crippen LogP contribution in [0.5, 0.6) is 11.5 Å². The van der Waals surface area contributed by atoms with E-state index in [9.17, 15) is 4.79 Å². The van der Waals surface area contributed by atoms with Gasteiger partial charge in [0.15, 0.2) is 11.5 Å². The van der Waals surface area contributed by atoms with Gasteiger partial charge >= 0.3 is 0 Å². The van der Waals surface area contributed by atoms with E-state index < -0.39 is 0 Å². The molecule has 1 heterocycles. The van der Waals surface area contributed by atoms with Crippen molar-refractivity contribution in [3.05, 3.63) is 101 Å². The number of benzene rings is 3. The van der Waals surface area contributed by atoms with Crippen LogP contribution < -0.4 is 14.8 Å². The molecule has 0 spiro atoms. The second kappa shape index (κ2) is 13.6. The quantitative estimate of drug-likeness (QED) is 0.144. The minimum atomic E-state index is -0.156. The molecule has 1 atom stereocenters. The van der Waals surface area contributed by atoms with Gasteiger partial charge in [0.05, 0.1) is 16.2 Å². The monoisotopic (exact) mass is 746 g/mol. The van der Waals surface area contributed by atoms with Gasteiger partial charge in [0.25, 0.3) is 5.91 Å². The molecule has 1 aliphatic carbocycles. The Balaban J connectivity index is 1.45. The van der Waals surface area contributed by atoms with Crippen molar-refractivity contribution >= 4 is 79.9 Å². The smallest absolute Gasteiger partial charge is 0.259 e. The first-order valence-corrected chi connectivity index (χ1v) is 16.7. The highest BCUT2D eigenvalue weighted by Gasteiger charge is 2.33. The summed E-state index contributed by atoms with van der Waals surface area (Å²) in [5, 5.41) is 5.04. The zero-order chi connectivity index (χ0) is 30.7. The second-order valence-corrected chi connectivity index (χ2v) is 14.7. The Labute approximate surface area is 280 Å². The van der Waals surface area contributed by atoms with Gasteiger partial charge in [0, 0.05) is 32.4 Å². The van der Waals surface area contributed by atoms with Gasteiger partial charge in [-0.25, -0.2) is 4.99 Å². The number of nitrogens with one attached hydrogen (secondary N) is 1. The molecule has 4 aromatic rings. The normalized spacial score (nSPS) is 14.9. The highest BCUT2D eigenvalue weighted by molar-refractivity contribution is 14.1. The lowest BCUT2D eigenvalue weighted by Crippen LogP contribution is -2.27. The predicted octanol–water partition coefficient (Wildman–Crippen LogP) is 10.4. The van der Waals surface area contributed by atoms with Crippen molar-refractivity contribution in [2.75, 3.05) is 12.4 Å². The molecule has 3 aromatic carbocycles. The van der Waals surface area contributed by atoms with E-state index in [1.807, 2.05) is 36.4 Å². The molecule has 1 aromatic heterocycles. The molecule has 224 valence electrons. The fraction of sp³-hybridized carbons (Fsp3) is 0.294. The summed E-state index contributed by atoms with van der Waals surface area (Å²) in [6.45, 7) is 7.20. The first-order valence-electron chi connectivity index (χ1n) is 14.0. The lowest BCUT2D eigenvalue weighted by atomic mass is 9.72. The molecular formula is C34H33Cl2IN2O3S. The maximum absolute atomic E-state index is 13.7. The second-order valence-electron chi connectivity index (χ2n) is 11.6. The predicted molar refractivity (Wildman–Crippen MR) is 187 cm³/mol. The third-order valence-electron chi connectivity index (χ3n) is 7.71. The molecule has 1 N–H and O–H groups in total. The number of anilines is 1. The fourth-order valence-corrected chi connectivity index (χ4v) is 7.58. The fourth-order valence-electron chi connectivity index (χ4n) is 5.22. The molecule has 43 heavy (non-hydrogen) atoms. The Kier molecular flexibility index (Phi) is 10.1. The molecule has 1 aliphatic rings. The van der Waals surface area contributed by atoms with E-state index in [1.54, 1.807) is 48.9 Å². The molecule has 0 unspecified atom stereocenters. The molecule has 1 amide bonds. The van der Waals surface area contributed by atoms with Crippen LogP contribution in [0.15, 0.2) is 65.7 Å². The van der Waals surface area contributed by atoms with E-state index in [2.05, 4.69) is 48.7 Å².